The van der Waals surface area contributed by atoms with Crippen molar-refractivity contribution in [2.75, 3.05) is 0 Å². The van der Waals surface area contributed by atoms with Gasteiger partial charge in [-0.1, -0.05) is 12.1 Å². The number of hydrogen-bond donors (Lipinski definition) is 1. The van der Waals surface area contributed by atoms with Crippen molar-refractivity contribution in [1.29, 1.82) is 0 Å². The lowest BCUT2D eigenvalue weighted by molar-refractivity contribution is 0.402. The second-order valence-corrected chi connectivity index (χ2v) is 8.80. The van der Waals surface area contributed by atoms with E-state index in [1.807, 2.05) is 0 Å². The summed E-state index contributed by atoms with van der Waals surface area (Å²) in [4.78, 5) is 0. The van der Waals surface area contributed by atoms with Crippen LogP contribution >= 0.6 is 0 Å². The Hall–Kier alpha value is -4.40. The summed E-state index contributed by atoms with van der Waals surface area (Å²) in [6, 6.07) is 2.52. The fourth-order valence-electron chi connectivity index (χ4n) is 4.96. The minimum atomic E-state index is -2.62. The predicted molar refractivity (Wildman–Crippen MR) is 122 cm³/mol. The summed E-state index contributed by atoms with van der Waals surface area (Å²) >= 11 is 0. The van der Waals surface area contributed by atoms with Crippen LogP contribution in [0.5, 0.6) is 5.75 Å². The van der Waals surface area contributed by atoms with Gasteiger partial charge in [-0.3, -0.25) is 0 Å². The molecule has 0 aliphatic heterocycles. The summed E-state index contributed by atoms with van der Waals surface area (Å²) in [5, 5.41) is -0.653. The highest BCUT2D eigenvalue weighted by atomic mass is 19.2. The largest absolute Gasteiger partial charge is 0.560 e. The van der Waals surface area contributed by atoms with Gasteiger partial charge in [0, 0.05) is 16.2 Å². The lowest BCUT2D eigenvalue weighted by Gasteiger charge is -2.21. The fourth-order valence-corrected chi connectivity index (χ4v) is 4.96. The van der Waals surface area contributed by atoms with Crippen LogP contribution in [0.1, 0.15) is 0 Å². The molecule has 0 spiro atoms. The van der Waals surface area contributed by atoms with Crippen LogP contribution in [-0.4, -0.2) is 12.1 Å². The molecule has 0 radical (unpaired) electrons. The molecule has 0 bridgehead atoms. The van der Waals surface area contributed by atoms with Crippen LogP contribution in [-0.2, 0) is 0 Å². The van der Waals surface area contributed by atoms with Crippen molar-refractivity contribution >= 4 is 55.7 Å². The van der Waals surface area contributed by atoms with E-state index in [-0.39, 0.29) is 0 Å². The van der Waals surface area contributed by atoms with Crippen LogP contribution in [0.2, 0.25) is 0 Å². The van der Waals surface area contributed by atoms with Crippen molar-refractivity contribution < 1.29 is 62.4 Å². The molecule has 0 unspecified atom stereocenters. The molecule has 0 saturated carbocycles. The Bertz CT molecular complexity index is 2110. The monoisotopic (exact) mass is 588 g/mol. The van der Waals surface area contributed by atoms with Crippen LogP contribution in [0.4, 0.5) is 52.7 Å². The molecule has 6 aromatic rings. The molecule has 208 valence electrons. The van der Waals surface area contributed by atoms with E-state index in [9.17, 15) is 40.1 Å². The number of hydrogen-bond acceptors (Lipinski definition) is 2. The predicted octanol–water partition coefficient (Wildman–Crippen LogP) is 7.17. The maximum absolute atomic E-state index is 15.3. The van der Waals surface area contributed by atoms with Crippen LogP contribution < -0.4 is 10.1 Å². The second-order valence-electron chi connectivity index (χ2n) is 8.80. The molecule has 0 saturated heterocycles. The normalized spacial score (nSPS) is 12.0. The maximum atomic E-state index is 15.3. The van der Waals surface area contributed by atoms with Crippen LogP contribution in [0.3, 0.4) is 0 Å². The van der Waals surface area contributed by atoms with Gasteiger partial charge in [0.2, 0.25) is 0 Å². The van der Waals surface area contributed by atoms with Gasteiger partial charge in [0.15, 0.2) is 69.7 Å². The summed E-state index contributed by atoms with van der Waals surface area (Å²) in [7, 11) is -2.62. The molecule has 2 nitrogen and oxygen atoms in total. The average molecular weight is 588 g/mol. The standard InChI is InChI=1S/C26H5BF12O2/c28-7-4-2-6(5-1-3-8(29)16(30)9(5)7)27(40)41-26-15-11-10-12(17(31)18(32)14(11)22(36)25(26)39)20(34)24(38)21(35)13(10)19(33)23(15)37/h1-4,40H. The molecule has 0 heterocycles. The van der Waals surface area contributed by atoms with E-state index in [0.29, 0.717) is 12.1 Å². The van der Waals surface area contributed by atoms with Gasteiger partial charge in [-0.05, 0) is 17.5 Å². The zero-order valence-electron chi connectivity index (χ0n) is 19.3. The first-order chi connectivity index (χ1) is 19.3. The Morgan fingerprint density at radius 1 is 0.415 bits per heavy atom. The van der Waals surface area contributed by atoms with Gasteiger partial charge in [0.1, 0.15) is 5.82 Å². The van der Waals surface area contributed by atoms with Crippen molar-refractivity contribution in [3.8, 4) is 5.75 Å². The topological polar surface area (TPSA) is 29.5 Å². The Morgan fingerprint density at radius 3 is 1.41 bits per heavy atom. The van der Waals surface area contributed by atoms with Gasteiger partial charge in [0.05, 0.1) is 26.9 Å². The first-order valence-corrected chi connectivity index (χ1v) is 11.1. The third-order valence-electron chi connectivity index (χ3n) is 6.73. The molecule has 0 fully saturated rings. The van der Waals surface area contributed by atoms with Crippen molar-refractivity contribution in [2.45, 2.75) is 0 Å². The van der Waals surface area contributed by atoms with E-state index < -0.39 is 131 Å². The Balaban J connectivity index is 1.73. The second kappa shape index (κ2) is 8.80. The molecule has 6 rings (SSSR count). The Kier molecular flexibility index (Phi) is 5.75. The van der Waals surface area contributed by atoms with E-state index in [2.05, 4.69) is 0 Å². The third-order valence-corrected chi connectivity index (χ3v) is 6.73. The zero-order valence-corrected chi connectivity index (χ0v) is 19.3. The van der Waals surface area contributed by atoms with Crippen molar-refractivity contribution in [1.82, 2.24) is 0 Å². The SMILES string of the molecule is OB(Oc1c(F)c(F)c2c(F)c(F)c3c(F)c(F)c(F)c4c(F)c(F)c1c2c34)c1ccc(F)c2c(F)c(F)ccc12. The van der Waals surface area contributed by atoms with E-state index >= 15 is 17.6 Å². The highest BCUT2D eigenvalue weighted by Crippen LogP contribution is 2.48. The number of halogens is 12. The lowest BCUT2D eigenvalue weighted by Crippen LogP contribution is -2.38. The molecule has 0 aliphatic carbocycles. The van der Waals surface area contributed by atoms with Gasteiger partial charge < -0.3 is 9.68 Å². The van der Waals surface area contributed by atoms with Crippen molar-refractivity contribution in [3.05, 3.63) is 94.1 Å². The summed E-state index contributed by atoms with van der Waals surface area (Å²) in [6.45, 7) is 0. The highest BCUT2D eigenvalue weighted by Gasteiger charge is 2.37. The van der Waals surface area contributed by atoms with E-state index in [0.717, 1.165) is 12.1 Å². The third kappa shape index (κ3) is 3.35. The first kappa shape index (κ1) is 26.8. The zero-order chi connectivity index (χ0) is 29.8. The number of rotatable bonds is 3. The average Bonchev–Trinajstić information content (AvgIpc) is 2.93. The fraction of sp³-hybridized carbons (Fsp3) is 0. The molecule has 0 amide bonds. The molecule has 0 atom stereocenters. The van der Waals surface area contributed by atoms with E-state index in [1.54, 1.807) is 0 Å². The minimum Gasteiger partial charge on any atom is -0.530 e. The van der Waals surface area contributed by atoms with E-state index in [4.69, 9.17) is 4.65 Å². The van der Waals surface area contributed by atoms with Gasteiger partial charge >= 0.3 is 7.12 Å². The molecule has 41 heavy (non-hydrogen) atoms. The minimum absolute atomic E-state index is 0.512. The summed E-state index contributed by atoms with van der Waals surface area (Å²) in [5.74, 6) is -27.8. The highest BCUT2D eigenvalue weighted by molar-refractivity contribution is 6.64. The molecule has 15 heteroatoms. The maximum Gasteiger partial charge on any atom is 0.560 e. The van der Waals surface area contributed by atoms with Crippen LogP contribution in [0.15, 0.2) is 24.3 Å². The van der Waals surface area contributed by atoms with Gasteiger partial charge in [-0.25, -0.2) is 48.3 Å². The van der Waals surface area contributed by atoms with Gasteiger partial charge in [-0.2, -0.15) is 4.39 Å². The van der Waals surface area contributed by atoms with Gasteiger partial charge in [-0.15, -0.1) is 0 Å². The van der Waals surface area contributed by atoms with E-state index in [1.165, 1.54) is 0 Å². The lowest BCUT2D eigenvalue weighted by atomic mass is 9.76. The summed E-state index contributed by atoms with van der Waals surface area (Å²) in [6.07, 6.45) is 0. The summed E-state index contributed by atoms with van der Waals surface area (Å²) in [5.41, 5.74) is -0.650. The molecular formula is C26H5BF12O2. The Morgan fingerprint density at radius 2 is 0.854 bits per heavy atom. The number of benzene rings is 6. The molecule has 0 aromatic heterocycles. The van der Waals surface area contributed by atoms with Crippen molar-refractivity contribution in [2.24, 2.45) is 0 Å². The molecule has 1 N–H and O–H groups in total. The van der Waals surface area contributed by atoms with Crippen LogP contribution in [0, 0.1) is 69.8 Å². The van der Waals surface area contributed by atoms with Crippen molar-refractivity contribution in [3.63, 3.8) is 0 Å². The van der Waals surface area contributed by atoms with Gasteiger partial charge in [0.25, 0.3) is 0 Å². The first-order valence-electron chi connectivity index (χ1n) is 11.1. The molecular weight excluding hydrogens is 583 g/mol. The smallest absolute Gasteiger partial charge is 0.530 e. The quantitative estimate of drug-likeness (QED) is 0.103. The Labute approximate surface area is 218 Å². The number of fused-ring (bicyclic) bond motifs is 1. The molecule has 0 aliphatic rings. The molecule has 6 aromatic carbocycles. The van der Waals surface area contributed by atoms with Crippen LogP contribution in [0.25, 0.3) is 43.1 Å². The summed E-state index contributed by atoms with van der Waals surface area (Å²) < 4.78 is 181.